The molecule has 0 aliphatic carbocycles. The van der Waals surface area contributed by atoms with E-state index in [1.54, 1.807) is 15.0 Å². The van der Waals surface area contributed by atoms with E-state index in [2.05, 4.69) is 19.6 Å². The maximum absolute atomic E-state index is 2.88. The number of hydrogen-bond acceptors (Lipinski definition) is 0. The van der Waals surface area contributed by atoms with Gasteiger partial charge in [-0.15, -0.1) is 0 Å². The van der Waals surface area contributed by atoms with E-state index in [0.29, 0.717) is 37.1 Å². The normalized spacial score (nSPS) is 37.7. The van der Waals surface area contributed by atoms with Gasteiger partial charge in [-0.25, -0.2) is 0 Å². The standard InChI is InChI=1S/C7H32Si9/c1-9-5-14(2)6-15(3)16-11-4-10-7(8)12-13-16/h7,14-16H,4-6,9-13H2,1-3,8H3. The maximum Gasteiger partial charge on any atom is 0.0274 e. The molecule has 96 valence electrons. The first kappa shape index (κ1) is 16.0. The predicted molar refractivity (Wildman–Crippen MR) is 110 cm³/mol. The molecule has 9 heteroatoms. The third kappa shape index (κ3) is 6.22. The zero-order chi connectivity index (χ0) is 12.0. The van der Waals surface area contributed by atoms with Gasteiger partial charge in [0.05, 0.1) is 0 Å². The Hall–Kier alpha value is 1.95. The van der Waals surface area contributed by atoms with Crippen LogP contribution >= 0.6 is 0 Å². The third-order valence-corrected chi connectivity index (χ3v) is 108. The van der Waals surface area contributed by atoms with Crippen molar-refractivity contribution in [2.45, 2.75) is 41.4 Å². The fourth-order valence-corrected chi connectivity index (χ4v) is 154. The quantitative estimate of drug-likeness (QED) is 0.431. The molecule has 0 spiro atoms. The predicted octanol–water partition coefficient (Wildman–Crippen LogP) is -4.24. The van der Waals surface area contributed by atoms with E-state index in [1.165, 1.54) is 0 Å². The lowest BCUT2D eigenvalue weighted by Gasteiger charge is -2.22. The molecule has 4 atom stereocenters. The Morgan fingerprint density at radius 2 is 2.25 bits per heavy atom. The monoisotopic (exact) mass is 368 g/mol. The lowest BCUT2D eigenvalue weighted by atomic mass is 11.8. The molecule has 0 radical (unpaired) electrons. The van der Waals surface area contributed by atoms with Gasteiger partial charge >= 0.3 is 0 Å². The summed E-state index contributed by atoms with van der Waals surface area (Å²) in [7, 11) is 4.84. The Morgan fingerprint density at radius 3 is 2.94 bits per heavy atom. The second kappa shape index (κ2) is 8.95. The summed E-state index contributed by atoms with van der Waals surface area (Å²) in [5, 5.41) is 0. The third-order valence-electron chi connectivity index (χ3n) is 4.66. The van der Waals surface area contributed by atoms with Gasteiger partial charge in [0.25, 0.3) is 0 Å². The Morgan fingerprint density at radius 1 is 1.50 bits per heavy atom. The first-order valence-corrected chi connectivity index (χ1v) is 32.8. The zero-order valence-electron chi connectivity index (χ0n) is 12.0. The molecule has 1 fully saturated rings. The van der Waals surface area contributed by atoms with Gasteiger partial charge in [0.15, 0.2) is 0 Å². The molecule has 0 saturated carbocycles. The molecule has 1 rings (SSSR count). The fraction of sp³-hybridized carbons (Fsp3) is 1.00. The molecule has 0 aromatic heterocycles. The highest BCUT2D eigenvalue weighted by molar-refractivity contribution is 7.72. The van der Waals surface area contributed by atoms with E-state index in [1.807, 2.05) is 17.0 Å². The van der Waals surface area contributed by atoms with Gasteiger partial charge in [-0.05, 0) is 18.8 Å². The summed E-state index contributed by atoms with van der Waals surface area (Å²) < 4.78 is 0. The van der Waals surface area contributed by atoms with Gasteiger partial charge < -0.3 is 0 Å². The van der Waals surface area contributed by atoms with E-state index in [4.69, 9.17) is 0 Å². The van der Waals surface area contributed by atoms with E-state index >= 15 is 0 Å². The minimum absolute atomic E-state index is 0.0105. The molecule has 1 aliphatic heterocycles. The van der Waals surface area contributed by atoms with Crippen molar-refractivity contribution in [1.82, 2.24) is 0 Å². The summed E-state index contributed by atoms with van der Waals surface area (Å²) >= 11 is 0. The zero-order valence-corrected chi connectivity index (χ0v) is 24.5. The highest BCUT2D eigenvalue weighted by atomic mass is 30.0. The maximum atomic E-state index is 2.88. The van der Waals surface area contributed by atoms with Crippen molar-refractivity contribution in [3.63, 3.8) is 0 Å². The molecule has 0 aromatic carbocycles. The van der Waals surface area contributed by atoms with E-state index in [-0.39, 0.29) is 24.5 Å². The van der Waals surface area contributed by atoms with E-state index < -0.39 is 0 Å². The molecule has 0 amide bonds. The van der Waals surface area contributed by atoms with Crippen molar-refractivity contribution >= 4 is 80.4 Å². The summed E-state index contributed by atoms with van der Waals surface area (Å²) in [6, 6.07) is 0. The van der Waals surface area contributed by atoms with Crippen molar-refractivity contribution in [1.29, 1.82) is 0 Å². The number of rotatable bonds is 5. The summed E-state index contributed by atoms with van der Waals surface area (Å²) in [5.41, 5.74) is 5.76. The van der Waals surface area contributed by atoms with Crippen LogP contribution in [0.25, 0.3) is 0 Å². The molecule has 0 nitrogen and oxygen atoms in total. The van der Waals surface area contributed by atoms with Crippen LogP contribution in [0.4, 0.5) is 0 Å². The van der Waals surface area contributed by atoms with E-state index in [0.717, 1.165) is 8.55 Å². The average molecular weight is 369 g/mol. The lowest BCUT2D eigenvalue weighted by Crippen LogP contribution is -2.47. The van der Waals surface area contributed by atoms with Gasteiger partial charge in [-0.1, -0.05) is 41.4 Å². The Kier molecular flexibility index (Phi) is 8.96. The van der Waals surface area contributed by atoms with Gasteiger partial charge in [0, 0.05) is 61.6 Å². The summed E-state index contributed by atoms with van der Waals surface area (Å²) in [6.45, 7) is 8.16. The lowest BCUT2D eigenvalue weighted by molar-refractivity contribution is 1.70. The van der Waals surface area contributed by atoms with Crippen LogP contribution in [0.5, 0.6) is 0 Å². The van der Waals surface area contributed by atoms with Crippen molar-refractivity contribution < 1.29 is 0 Å². The van der Waals surface area contributed by atoms with Crippen LogP contribution in [-0.2, 0) is 0 Å². The van der Waals surface area contributed by atoms with Gasteiger partial charge in [-0.2, -0.15) is 0 Å². The molecule has 1 saturated heterocycles. The Balaban J connectivity index is 2.31. The summed E-state index contributed by atoms with van der Waals surface area (Å²) in [4.78, 5) is 1.58. The molecule has 1 aliphatic rings. The van der Waals surface area contributed by atoms with Crippen LogP contribution in [0, 0.1) is 0 Å². The number of hydrogen-bond donors (Lipinski definition) is 0. The topological polar surface area (TPSA) is 0 Å². The molecular weight excluding hydrogens is 337 g/mol. The minimum Gasteiger partial charge on any atom is -0.0750 e. The Labute approximate surface area is 121 Å². The van der Waals surface area contributed by atoms with Gasteiger partial charge in [-0.3, -0.25) is 0 Å². The molecule has 0 bridgehead atoms. The summed E-state index contributed by atoms with van der Waals surface area (Å²) in [5.74, 6) is 0. The van der Waals surface area contributed by atoms with Gasteiger partial charge in [0.1, 0.15) is 0 Å². The summed E-state index contributed by atoms with van der Waals surface area (Å²) in [6.07, 6.45) is 0. The highest BCUT2D eigenvalue weighted by Gasteiger charge is 2.25. The largest absolute Gasteiger partial charge is 0.0750 e. The van der Waals surface area contributed by atoms with Crippen molar-refractivity contribution in [2.24, 2.45) is 0 Å². The highest BCUT2D eigenvalue weighted by Crippen LogP contribution is 2.09. The van der Waals surface area contributed by atoms with Gasteiger partial charge in [0.2, 0.25) is 0 Å². The smallest absolute Gasteiger partial charge is 0.0274 e. The van der Waals surface area contributed by atoms with Crippen molar-refractivity contribution in [3.8, 4) is 0 Å². The first-order chi connectivity index (χ1) is 7.63. The Bertz CT molecular complexity index is 189. The molecule has 4 unspecified atom stereocenters. The molecule has 0 aromatic rings. The van der Waals surface area contributed by atoms with Crippen LogP contribution in [0.1, 0.15) is 0 Å². The van der Waals surface area contributed by atoms with Crippen molar-refractivity contribution in [3.05, 3.63) is 0 Å². The van der Waals surface area contributed by atoms with Crippen LogP contribution in [0.15, 0.2) is 0 Å². The fourth-order valence-electron chi connectivity index (χ4n) is 3.52. The van der Waals surface area contributed by atoms with E-state index in [9.17, 15) is 0 Å². The molecule has 1 heterocycles. The second-order valence-corrected chi connectivity index (χ2v) is 63.4. The molecule has 16 heavy (non-hydrogen) atoms. The first-order valence-electron chi connectivity index (χ1n) is 7.63. The SMILES string of the molecule is C[SiH2]C[SiH](C)C[SiH](C)[SiH]1[SiH2]C[SiH2]C([SiH3])[SiH2][SiH2]1. The van der Waals surface area contributed by atoms with Crippen LogP contribution in [0.3, 0.4) is 0 Å². The molecular formula is C7H32Si9. The minimum atomic E-state index is -0.123. The van der Waals surface area contributed by atoms with Crippen LogP contribution in [0.2, 0.25) is 41.4 Å². The molecule has 0 N–H and O–H groups in total. The average Bonchev–Trinajstić information content (AvgIpc) is 2.43. The van der Waals surface area contributed by atoms with Crippen LogP contribution in [-0.4, -0.2) is 80.4 Å². The van der Waals surface area contributed by atoms with Crippen LogP contribution < -0.4 is 0 Å². The van der Waals surface area contributed by atoms with Crippen molar-refractivity contribution in [2.75, 3.05) is 0 Å². The second-order valence-electron chi connectivity index (χ2n) is 6.48.